The predicted octanol–water partition coefficient (Wildman–Crippen LogP) is 3.23. The van der Waals surface area contributed by atoms with E-state index in [0.717, 1.165) is 19.3 Å². The first-order chi connectivity index (χ1) is 9.71. The Morgan fingerprint density at radius 3 is 2.29 bits per heavy atom. The molecule has 5 heteroatoms. The molecule has 1 atom stereocenters. The summed E-state index contributed by atoms with van der Waals surface area (Å²) in [6.07, 6.45) is 2.88. The average Bonchev–Trinajstić information content (AvgIpc) is 2.64. The van der Waals surface area contributed by atoms with Gasteiger partial charge in [0.1, 0.15) is 5.75 Å². The summed E-state index contributed by atoms with van der Waals surface area (Å²) in [7, 11) is -3.45. The van der Waals surface area contributed by atoms with E-state index >= 15 is 0 Å². The van der Waals surface area contributed by atoms with Crippen molar-refractivity contribution in [1.82, 2.24) is 4.31 Å². The van der Waals surface area contributed by atoms with Crippen LogP contribution in [-0.4, -0.2) is 30.9 Å². The Morgan fingerprint density at radius 1 is 1.10 bits per heavy atom. The van der Waals surface area contributed by atoms with Gasteiger partial charge >= 0.3 is 0 Å². The molecule has 118 valence electrons. The highest BCUT2D eigenvalue weighted by atomic mass is 32.2. The first kappa shape index (κ1) is 16.3. The first-order valence-corrected chi connectivity index (χ1v) is 8.94. The van der Waals surface area contributed by atoms with E-state index in [1.807, 2.05) is 0 Å². The summed E-state index contributed by atoms with van der Waals surface area (Å²) in [5.41, 5.74) is 0.221. The van der Waals surface area contributed by atoms with Gasteiger partial charge in [-0.15, -0.1) is 0 Å². The number of benzene rings is 1. The first-order valence-electron chi connectivity index (χ1n) is 7.50. The van der Waals surface area contributed by atoms with Gasteiger partial charge in [-0.2, -0.15) is 4.31 Å². The van der Waals surface area contributed by atoms with Crippen LogP contribution in [0.5, 0.6) is 5.75 Å². The fourth-order valence-electron chi connectivity index (χ4n) is 2.94. The molecule has 2 rings (SSSR count). The second-order valence-electron chi connectivity index (χ2n) is 6.89. The van der Waals surface area contributed by atoms with Crippen LogP contribution in [0.25, 0.3) is 0 Å². The maximum atomic E-state index is 12.7. The van der Waals surface area contributed by atoms with Gasteiger partial charge in [0.15, 0.2) is 0 Å². The molecular formula is C16H25NO3S. The third-order valence-electron chi connectivity index (χ3n) is 4.39. The van der Waals surface area contributed by atoms with Crippen molar-refractivity contribution in [3.05, 3.63) is 24.3 Å². The van der Waals surface area contributed by atoms with Crippen LogP contribution in [-0.2, 0) is 10.0 Å². The number of hydrogen-bond acceptors (Lipinski definition) is 3. The van der Waals surface area contributed by atoms with Crippen molar-refractivity contribution in [2.45, 2.75) is 44.9 Å². The van der Waals surface area contributed by atoms with Crippen molar-refractivity contribution < 1.29 is 13.5 Å². The smallest absolute Gasteiger partial charge is 0.243 e. The van der Waals surface area contributed by atoms with Crippen molar-refractivity contribution in [3.63, 3.8) is 0 Å². The maximum Gasteiger partial charge on any atom is 0.243 e. The minimum Gasteiger partial charge on any atom is -0.508 e. The molecule has 1 saturated heterocycles. The third-order valence-corrected chi connectivity index (χ3v) is 6.30. The van der Waals surface area contributed by atoms with Crippen LogP contribution >= 0.6 is 0 Å². The standard InChI is InChI=1S/C16H25NO3S/c1-16(2,3)13-5-4-11-17(12-10-13)21(19,20)15-8-6-14(18)7-9-15/h6-9,13,18H,4-5,10-12H2,1-3H3. The second kappa shape index (κ2) is 5.97. The Balaban J connectivity index is 2.16. The topological polar surface area (TPSA) is 57.6 Å². The summed E-state index contributed by atoms with van der Waals surface area (Å²) in [5, 5.41) is 9.29. The molecule has 1 aliphatic heterocycles. The molecule has 0 bridgehead atoms. The number of rotatable bonds is 2. The molecule has 1 fully saturated rings. The van der Waals surface area contributed by atoms with Crippen LogP contribution in [0, 0.1) is 11.3 Å². The van der Waals surface area contributed by atoms with E-state index < -0.39 is 10.0 Å². The number of aromatic hydroxyl groups is 1. The van der Waals surface area contributed by atoms with Gasteiger partial charge in [-0.05, 0) is 54.9 Å². The Labute approximate surface area is 127 Å². The van der Waals surface area contributed by atoms with Gasteiger partial charge in [-0.1, -0.05) is 20.8 Å². The van der Waals surface area contributed by atoms with Crippen LogP contribution in [0.4, 0.5) is 0 Å². The highest BCUT2D eigenvalue weighted by molar-refractivity contribution is 7.89. The van der Waals surface area contributed by atoms with E-state index in [2.05, 4.69) is 20.8 Å². The lowest BCUT2D eigenvalue weighted by atomic mass is 9.77. The van der Waals surface area contributed by atoms with Crippen molar-refractivity contribution >= 4 is 10.0 Å². The van der Waals surface area contributed by atoms with E-state index in [9.17, 15) is 13.5 Å². The zero-order valence-corrected chi connectivity index (χ0v) is 13.9. The fraction of sp³-hybridized carbons (Fsp3) is 0.625. The molecule has 1 aromatic rings. The van der Waals surface area contributed by atoms with Crippen LogP contribution < -0.4 is 0 Å². The van der Waals surface area contributed by atoms with Crippen LogP contribution in [0.2, 0.25) is 0 Å². The molecule has 0 amide bonds. The Bertz CT molecular complexity index is 573. The van der Waals surface area contributed by atoms with Gasteiger partial charge in [0.05, 0.1) is 4.90 Å². The molecule has 0 radical (unpaired) electrons. The number of nitrogens with zero attached hydrogens (tertiary/aromatic N) is 1. The average molecular weight is 311 g/mol. The molecule has 4 nitrogen and oxygen atoms in total. The van der Waals surface area contributed by atoms with Crippen molar-refractivity contribution in [2.24, 2.45) is 11.3 Å². The Kier molecular flexibility index (Phi) is 4.63. The number of sulfonamides is 1. The molecule has 0 spiro atoms. The highest BCUT2D eigenvalue weighted by Gasteiger charge is 2.31. The molecule has 0 aromatic heterocycles. The minimum absolute atomic E-state index is 0.0811. The molecule has 1 unspecified atom stereocenters. The Hall–Kier alpha value is -1.07. The zero-order chi connectivity index (χ0) is 15.7. The number of phenols is 1. The van der Waals surface area contributed by atoms with Gasteiger partial charge in [-0.25, -0.2) is 8.42 Å². The molecule has 1 aromatic carbocycles. The van der Waals surface area contributed by atoms with Gasteiger partial charge in [0, 0.05) is 13.1 Å². The van der Waals surface area contributed by atoms with Crippen molar-refractivity contribution in [3.8, 4) is 5.75 Å². The molecule has 0 aliphatic carbocycles. The van der Waals surface area contributed by atoms with Crippen LogP contribution in [0.15, 0.2) is 29.2 Å². The van der Waals surface area contributed by atoms with E-state index in [1.165, 1.54) is 24.3 Å². The summed E-state index contributed by atoms with van der Waals surface area (Å²) in [6.45, 7) is 7.83. The normalized spacial score (nSPS) is 22.0. The largest absolute Gasteiger partial charge is 0.508 e. The third kappa shape index (κ3) is 3.77. The summed E-state index contributed by atoms with van der Waals surface area (Å²) >= 11 is 0. The number of phenolic OH excluding ortho intramolecular Hbond substituents is 1. The van der Waals surface area contributed by atoms with Crippen molar-refractivity contribution in [2.75, 3.05) is 13.1 Å². The summed E-state index contributed by atoms with van der Waals surface area (Å²) in [4.78, 5) is 0.259. The van der Waals surface area contributed by atoms with Crippen LogP contribution in [0.1, 0.15) is 40.0 Å². The van der Waals surface area contributed by atoms with E-state index in [0.29, 0.717) is 19.0 Å². The fourth-order valence-corrected chi connectivity index (χ4v) is 4.44. The van der Waals surface area contributed by atoms with Crippen molar-refractivity contribution in [1.29, 1.82) is 0 Å². The molecular weight excluding hydrogens is 286 g/mol. The number of hydrogen-bond donors (Lipinski definition) is 1. The van der Waals surface area contributed by atoms with Gasteiger partial charge < -0.3 is 5.11 Å². The van der Waals surface area contributed by atoms with E-state index in [-0.39, 0.29) is 16.1 Å². The Morgan fingerprint density at radius 2 is 1.71 bits per heavy atom. The highest BCUT2D eigenvalue weighted by Crippen LogP contribution is 2.35. The van der Waals surface area contributed by atoms with Gasteiger partial charge in [-0.3, -0.25) is 0 Å². The quantitative estimate of drug-likeness (QED) is 0.912. The molecule has 21 heavy (non-hydrogen) atoms. The SMILES string of the molecule is CC(C)(C)C1CCCN(S(=O)(=O)c2ccc(O)cc2)CC1. The van der Waals surface area contributed by atoms with Crippen LogP contribution in [0.3, 0.4) is 0 Å². The zero-order valence-electron chi connectivity index (χ0n) is 13.0. The summed E-state index contributed by atoms with van der Waals surface area (Å²) < 4.78 is 26.9. The van der Waals surface area contributed by atoms with Gasteiger partial charge in [0.25, 0.3) is 0 Å². The lowest BCUT2D eigenvalue weighted by molar-refractivity contribution is 0.217. The lowest BCUT2D eigenvalue weighted by Crippen LogP contribution is -2.32. The molecule has 1 aliphatic rings. The monoisotopic (exact) mass is 311 g/mol. The minimum atomic E-state index is -3.45. The van der Waals surface area contributed by atoms with E-state index in [1.54, 1.807) is 4.31 Å². The maximum absolute atomic E-state index is 12.7. The second-order valence-corrected chi connectivity index (χ2v) is 8.83. The van der Waals surface area contributed by atoms with Gasteiger partial charge in [0.2, 0.25) is 10.0 Å². The summed E-state index contributed by atoms with van der Waals surface area (Å²) in [5.74, 6) is 0.634. The molecule has 0 saturated carbocycles. The molecule has 1 heterocycles. The molecule has 1 N–H and O–H groups in total. The van der Waals surface area contributed by atoms with E-state index in [4.69, 9.17) is 0 Å². The predicted molar refractivity (Wildman–Crippen MR) is 83.7 cm³/mol. The summed E-state index contributed by atoms with van der Waals surface area (Å²) in [6, 6.07) is 5.78. The lowest BCUT2D eigenvalue weighted by Gasteiger charge is -2.29.